The van der Waals surface area contributed by atoms with Gasteiger partial charge in [-0.1, -0.05) is 12.1 Å². The molecule has 0 N–H and O–H groups in total. The third-order valence-corrected chi connectivity index (χ3v) is 3.53. The van der Waals surface area contributed by atoms with E-state index >= 15 is 0 Å². The summed E-state index contributed by atoms with van der Waals surface area (Å²) in [4.78, 5) is 0. The molecule has 0 aliphatic heterocycles. The van der Waals surface area contributed by atoms with Crippen LogP contribution >= 0.6 is 11.6 Å². The van der Waals surface area contributed by atoms with Crippen molar-refractivity contribution in [3.05, 3.63) is 29.8 Å². The summed E-state index contributed by atoms with van der Waals surface area (Å²) in [5, 5.41) is 0.403. The van der Waals surface area contributed by atoms with Gasteiger partial charge in [0.15, 0.2) is 0 Å². The topological polar surface area (TPSA) is 9.23 Å². The fourth-order valence-corrected chi connectivity index (χ4v) is 2.71. The van der Waals surface area contributed by atoms with E-state index in [0.717, 1.165) is 18.1 Å². The predicted octanol–water partition coefficient (Wildman–Crippen LogP) is 3.65. The van der Waals surface area contributed by atoms with Crippen molar-refractivity contribution < 1.29 is 4.74 Å². The Hall–Kier alpha value is -0.690. The van der Waals surface area contributed by atoms with Crippen molar-refractivity contribution in [1.82, 2.24) is 0 Å². The SMILES string of the molecule is COc1cccc(CC2CCC(Cl)C2)c1. The van der Waals surface area contributed by atoms with Crippen LogP contribution in [0, 0.1) is 5.92 Å². The van der Waals surface area contributed by atoms with Gasteiger partial charge in [0.25, 0.3) is 0 Å². The first-order valence-electron chi connectivity index (χ1n) is 5.55. The number of ether oxygens (including phenoxy) is 1. The lowest BCUT2D eigenvalue weighted by Crippen LogP contribution is -2.00. The predicted molar refractivity (Wildman–Crippen MR) is 63.7 cm³/mol. The van der Waals surface area contributed by atoms with Gasteiger partial charge >= 0.3 is 0 Å². The second-order valence-electron chi connectivity index (χ2n) is 4.33. The number of alkyl halides is 1. The highest BCUT2D eigenvalue weighted by Gasteiger charge is 2.22. The molecule has 2 unspecified atom stereocenters. The van der Waals surface area contributed by atoms with Crippen molar-refractivity contribution in [1.29, 1.82) is 0 Å². The second-order valence-corrected chi connectivity index (χ2v) is 4.95. The molecular formula is C13H17ClO. The number of rotatable bonds is 3. The van der Waals surface area contributed by atoms with E-state index in [1.807, 2.05) is 6.07 Å². The lowest BCUT2D eigenvalue weighted by molar-refractivity contribution is 0.413. The maximum atomic E-state index is 6.11. The second kappa shape index (κ2) is 4.89. The summed E-state index contributed by atoms with van der Waals surface area (Å²) in [6.45, 7) is 0. The zero-order chi connectivity index (χ0) is 10.7. The van der Waals surface area contributed by atoms with Crippen molar-refractivity contribution >= 4 is 11.6 Å². The van der Waals surface area contributed by atoms with E-state index in [2.05, 4.69) is 18.2 Å². The molecule has 15 heavy (non-hydrogen) atoms. The lowest BCUT2D eigenvalue weighted by Gasteiger charge is -2.10. The van der Waals surface area contributed by atoms with E-state index in [0.29, 0.717) is 5.38 Å². The van der Waals surface area contributed by atoms with Crippen molar-refractivity contribution in [2.45, 2.75) is 31.1 Å². The van der Waals surface area contributed by atoms with Crippen LogP contribution in [0.2, 0.25) is 0 Å². The van der Waals surface area contributed by atoms with Gasteiger partial charge in [0.2, 0.25) is 0 Å². The highest BCUT2D eigenvalue weighted by molar-refractivity contribution is 6.20. The average Bonchev–Trinajstić information content (AvgIpc) is 2.64. The van der Waals surface area contributed by atoms with Crippen LogP contribution < -0.4 is 4.74 Å². The molecule has 1 aliphatic carbocycles. The molecule has 1 nitrogen and oxygen atoms in total. The molecule has 0 bridgehead atoms. The van der Waals surface area contributed by atoms with Gasteiger partial charge in [-0.25, -0.2) is 0 Å². The molecular weight excluding hydrogens is 208 g/mol. The number of benzene rings is 1. The summed E-state index contributed by atoms with van der Waals surface area (Å²) in [5.41, 5.74) is 1.37. The van der Waals surface area contributed by atoms with Crippen LogP contribution in [0.5, 0.6) is 5.75 Å². The van der Waals surface area contributed by atoms with Crippen LogP contribution in [-0.4, -0.2) is 12.5 Å². The molecule has 0 radical (unpaired) electrons. The quantitative estimate of drug-likeness (QED) is 0.713. The minimum absolute atomic E-state index is 0.403. The van der Waals surface area contributed by atoms with Crippen molar-refractivity contribution in [2.75, 3.05) is 7.11 Å². The van der Waals surface area contributed by atoms with Gasteiger partial charge in [-0.15, -0.1) is 11.6 Å². The molecule has 0 heterocycles. The van der Waals surface area contributed by atoms with E-state index in [-0.39, 0.29) is 0 Å². The Morgan fingerprint density at radius 1 is 1.40 bits per heavy atom. The van der Waals surface area contributed by atoms with Gasteiger partial charge in [0.1, 0.15) is 5.75 Å². The number of halogens is 1. The van der Waals surface area contributed by atoms with E-state index in [9.17, 15) is 0 Å². The molecule has 2 rings (SSSR count). The van der Waals surface area contributed by atoms with Crippen LogP contribution in [0.1, 0.15) is 24.8 Å². The molecule has 82 valence electrons. The number of hydrogen-bond donors (Lipinski definition) is 0. The summed E-state index contributed by atoms with van der Waals surface area (Å²) >= 11 is 6.11. The third-order valence-electron chi connectivity index (χ3n) is 3.14. The fraction of sp³-hybridized carbons (Fsp3) is 0.538. The van der Waals surface area contributed by atoms with Crippen molar-refractivity contribution in [3.8, 4) is 5.75 Å². The fourth-order valence-electron chi connectivity index (χ4n) is 2.33. The van der Waals surface area contributed by atoms with Crippen molar-refractivity contribution in [3.63, 3.8) is 0 Å². The largest absolute Gasteiger partial charge is 0.497 e. The highest BCUT2D eigenvalue weighted by atomic mass is 35.5. The molecule has 2 heteroatoms. The van der Waals surface area contributed by atoms with E-state index in [1.54, 1.807) is 7.11 Å². The molecule has 1 aliphatic rings. The average molecular weight is 225 g/mol. The van der Waals surface area contributed by atoms with E-state index < -0.39 is 0 Å². The maximum Gasteiger partial charge on any atom is 0.119 e. The number of methoxy groups -OCH3 is 1. The molecule has 1 fully saturated rings. The van der Waals surface area contributed by atoms with Gasteiger partial charge in [0.05, 0.1) is 7.11 Å². The van der Waals surface area contributed by atoms with Gasteiger partial charge in [-0.2, -0.15) is 0 Å². The Morgan fingerprint density at radius 3 is 2.93 bits per heavy atom. The summed E-state index contributed by atoms with van der Waals surface area (Å²) in [5.74, 6) is 1.72. The van der Waals surface area contributed by atoms with Gasteiger partial charge in [0, 0.05) is 5.38 Å². The Kier molecular flexibility index (Phi) is 3.53. The molecule has 1 aromatic rings. The van der Waals surface area contributed by atoms with Gasteiger partial charge in [-0.3, -0.25) is 0 Å². The highest BCUT2D eigenvalue weighted by Crippen LogP contribution is 2.32. The van der Waals surface area contributed by atoms with Crippen LogP contribution in [0.15, 0.2) is 24.3 Å². The van der Waals surface area contributed by atoms with Crippen LogP contribution in [0.25, 0.3) is 0 Å². The summed E-state index contributed by atoms with van der Waals surface area (Å²) in [7, 11) is 1.71. The Bertz CT molecular complexity index is 324. The summed E-state index contributed by atoms with van der Waals surface area (Å²) in [6, 6.07) is 8.34. The summed E-state index contributed by atoms with van der Waals surface area (Å²) < 4.78 is 5.21. The Balaban J connectivity index is 1.98. The third kappa shape index (κ3) is 2.88. The minimum Gasteiger partial charge on any atom is -0.497 e. The van der Waals surface area contributed by atoms with Gasteiger partial charge < -0.3 is 4.74 Å². The van der Waals surface area contributed by atoms with Crippen LogP contribution in [0.3, 0.4) is 0 Å². The molecule has 0 amide bonds. The zero-order valence-corrected chi connectivity index (χ0v) is 9.83. The maximum absolute atomic E-state index is 6.11. The Labute approximate surface area is 96.4 Å². The Morgan fingerprint density at radius 2 is 2.27 bits per heavy atom. The molecule has 0 saturated heterocycles. The summed E-state index contributed by atoms with van der Waals surface area (Å²) in [6.07, 6.45) is 4.75. The van der Waals surface area contributed by atoms with Crippen LogP contribution in [-0.2, 0) is 6.42 Å². The van der Waals surface area contributed by atoms with Gasteiger partial charge in [-0.05, 0) is 49.3 Å². The van der Waals surface area contributed by atoms with Crippen LogP contribution in [0.4, 0.5) is 0 Å². The first-order valence-corrected chi connectivity index (χ1v) is 5.98. The molecule has 1 aromatic carbocycles. The first-order chi connectivity index (χ1) is 7.28. The number of hydrogen-bond acceptors (Lipinski definition) is 1. The van der Waals surface area contributed by atoms with E-state index in [4.69, 9.17) is 16.3 Å². The normalized spacial score (nSPS) is 25.5. The zero-order valence-electron chi connectivity index (χ0n) is 9.08. The smallest absolute Gasteiger partial charge is 0.119 e. The monoisotopic (exact) mass is 224 g/mol. The van der Waals surface area contributed by atoms with Crippen molar-refractivity contribution in [2.24, 2.45) is 5.92 Å². The molecule has 2 atom stereocenters. The molecule has 0 spiro atoms. The lowest BCUT2D eigenvalue weighted by atomic mass is 9.98. The van der Waals surface area contributed by atoms with E-state index in [1.165, 1.54) is 24.8 Å². The molecule has 0 aromatic heterocycles. The molecule has 1 saturated carbocycles. The first kappa shape index (κ1) is 10.8. The standard InChI is InChI=1S/C13H17ClO/c1-15-13-4-2-3-10(9-13)7-11-5-6-12(14)8-11/h2-4,9,11-12H,5-8H2,1H3. The minimum atomic E-state index is 0.403.